The van der Waals surface area contributed by atoms with E-state index in [9.17, 15) is 0 Å². The van der Waals surface area contributed by atoms with Crippen molar-refractivity contribution in [2.45, 2.75) is 40.2 Å². The van der Waals surface area contributed by atoms with Crippen molar-refractivity contribution in [2.75, 3.05) is 6.54 Å². The van der Waals surface area contributed by atoms with E-state index in [4.69, 9.17) is 5.73 Å². The van der Waals surface area contributed by atoms with Gasteiger partial charge in [-0.05, 0) is 20.3 Å². The number of unbranched alkanes of at least 4 members (excludes halogenated alkanes) is 1. The van der Waals surface area contributed by atoms with Crippen LogP contribution < -0.4 is 11.1 Å². The summed E-state index contributed by atoms with van der Waals surface area (Å²) in [5.74, 6) is 0.513. The van der Waals surface area contributed by atoms with Crippen molar-refractivity contribution in [3.05, 3.63) is 15.6 Å². The Kier molecular flexibility index (Phi) is 8.49. The minimum atomic E-state index is 0. The Bertz CT molecular complexity index is 343. The minimum absolute atomic E-state index is 0. The number of nitrogens with one attached hydrogen (secondary N) is 1. The average Bonchev–Trinajstić information content (AvgIpc) is 2.56. The molecular formula is C11H21IN4S. The van der Waals surface area contributed by atoms with E-state index < -0.39 is 0 Å². The van der Waals surface area contributed by atoms with E-state index in [0.717, 1.165) is 30.1 Å². The third kappa shape index (κ3) is 6.21. The summed E-state index contributed by atoms with van der Waals surface area (Å²) >= 11 is 1.68. The molecule has 0 aliphatic rings. The molecule has 0 spiro atoms. The van der Waals surface area contributed by atoms with Crippen LogP contribution in [0.1, 0.15) is 35.3 Å². The quantitative estimate of drug-likeness (QED) is 0.364. The number of thiazole rings is 1. The topological polar surface area (TPSA) is 63.3 Å². The smallest absolute Gasteiger partial charge is 0.189 e. The minimum Gasteiger partial charge on any atom is -0.370 e. The maximum absolute atomic E-state index is 5.72. The van der Waals surface area contributed by atoms with Crippen molar-refractivity contribution in [2.24, 2.45) is 10.7 Å². The number of hydrogen-bond acceptors (Lipinski definition) is 3. The average molecular weight is 368 g/mol. The zero-order valence-electron chi connectivity index (χ0n) is 10.6. The molecule has 0 atom stereocenters. The van der Waals surface area contributed by atoms with E-state index in [1.807, 2.05) is 6.92 Å². The summed E-state index contributed by atoms with van der Waals surface area (Å²) in [4.78, 5) is 9.91. The molecule has 1 heterocycles. The molecule has 0 unspecified atom stereocenters. The van der Waals surface area contributed by atoms with Crippen LogP contribution in [0.2, 0.25) is 0 Å². The van der Waals surface area contributed by atoms with Gasteiger partial charge >= 0.3 is 0 Å². The van der Waals surface area contributed by atoms with Crippen LogP contribution in [0.4, 0.5) is 0 Å². The summed E-state index contributed by atoms with van der Waals surface area (Å²) in [6.07, 6.45) is 2.27. The lowest BCUT2D eigenvalue weighted by molar-refractivity contribution is 0.748. The Morgan fingerprint density at radius 3 is 2.71 bits per heavy atom. The highest BCUT2D eigenvalue weighted by molar-refractivity contribution is 14.0. The predicted octanol–water partition coefficient (Wildman–Crippen LogP) is 2.58. The third-order valence-electron chi connectivity index (χ3n) is 2.29. The molecule has 0 bridgehead atoms. The molecule has 0 radical (unpaired) electrons. The largest absolute Gasteiger partial charge is 0.370 e. The number of nitrogens with zero attached hydrogens (tertiary/aromatic N) is 2. The van der Waals surface area contributed by atoms with Crippen molar-refractivity contribution in [3.63, 3.8) is 0 Å². The molecule has 6 heteroatoms. The van der Waals surface area contributed by atoms with Gasteiger partial charge in [-0.3, -0.25) is 0 Å². The highest BCUT2D eigenvalue weighted by Gasteiger charge is 2.02. The van der Waals surface area contributed by atoms with Crippen molar-refractivity contribution in [1.82, 2.24) is 10.3 Å². The molecule has 0 aromatic carbocycles. The maximum atomic E-state index is 5.72. The zero-order chi connectivity index (χ0) is 12.0. The van der Waals surface area contributed by atoms with E-state index in [1.54, 1.807) is 11.3 Å². The number of aryl methyl sites for hydroxylation is 2. The predicted molar refractivity (Wildman–Crippen MR) is 85.2 cm³/mol. The van der Waals surface area contributed by atoms with Gasteiger partial charge in [0.2, 0.25) is 0 Å². The highest BCUT2D eigenvalue weighted by atomic mass is 127. The molecule has 1 rings (SSSR count). The fourth-order valence-corrected chi connectivity index (χ4v) is 2.07. The van der Waals surface area contributed by atoms with Crippen LogP contribution in [0.5, 0.6) is 0 Å². The van der Waals surface area contributed by atoms with Crippen LogP contribution in [0, 0.1) is 13.8 Å². The van der Waals surface area contributed by atoms with Crippen LogP contribution in [0.15, 0.2) is 4.99 Å². The summed E-state index contributed by atoms with van der Waals surface area (Å²) < 4.78 is 0. The van der Waals surface area contributed by atoms with Crippen molar-refractivity contribution < 1.29 is 0 Å². The van der Waals surface area contributed by atoms with Gasteiger partial charge in [0, 0.05) is 11.4 Å². The van der Waals surface area contributed by atoms with Gasteiger partial charge in [-0.25, -0.2) is 9.98 Å². The maximum Gasteiger partial charge on any atom is 0.189 e. The molecule has 1 aromatic heterocycles. The Labute approximate surface area is 124 Å². The number of halogens is 1. The summed E-state index contributed by atoms with van der Waals surface area (Å²) in [6, 6.07) is 0. The second-order valence-corrected chi connectivity index (χ2v) is 5.02. The number of rotatable bonds is 5. The standard InChI is InChI=1S/C11H20N4S.HI/c1-4-5-6-13-11(12)14-7-10-15-8(2)9(3)16-10;/h4-7H2,1-3H3,(H3,12,13,14);1H. The first-order chi connectivity index (χ1) is 7.63. The second-order valence-electron chi connectivity index (χ2n) is 3.73. The van der Waals surface area contributed by atoms with Crippen molar-refractivity contribution >= 4 is 41.3 Å². The molecule has 0 amide bonds. The number of hydrogen-bond donors (Lipinski definition) is 2. The Morgan fingerprint density at radius 2 is 2.18 bits per heavy atom. The lowest BCUT2D eigenvalue weighted by atomic mass is 10.3. The Hall–Kier alpha value is -0.370. The van der Waals surface area contributed by atoms with Gasteiger partial charge in [0.25, 0.3) is 0 Å². The zero-order valence-corrected chi connectivity index (χ0v) is 13.8. The molecule has 98 valence electrons. The molecule has 17 heavy (non-hydrogen) atoms. The summed E-state index contributed by atoms with van der Waals surface area (Å²) in [5, 5.41) is 4.10. The van der Waals surface area contributed by atoms with Gasteiger partial charge in [-0.1, -0.05) is 13.3 Å². The third-order valence-corrected chi connectivity index (χ3v) is 3.35. The number of nitrogens with two attached hydrogens (primary N) is 1. The normalized spacial score (nSPS) is 11.1. The number of aromatic nitrogens is 1. The first kappa shape index (κ1) is 16.6. The van der Waals surface area contributed by atoms with E-state index in [1.165, 1.54) is 4.88 Å². The fourth-order valence-electron chi connectivity index (χ4n) is 1.21. The molecule has 0 saturated carbocycles. The lowest BCUT2D eigenvalue weighted by Crippen LogP contribution is -2.32. The fraction of sp³-hybridized carbons (Fsp3) is 0.636. The highest BCUT2D eigenvalue weighted by Crippen LogP contribution is 2.16. The molecule has 0 aliphatic carbocycles. The van der Waals surface area contributed by atoms with Crippen LogP contribution >= 0.6 is 35.3 Å². The molecule has 3 N–H and O–H groups in total. The molecule has 4 nitrogen and oxygen atoms in total. The van der Waals surface area contributed by atoms with E-state index in [0.29, 0.717) is 12.5 Å². The molecule has 0 aliphatic heterocycles. The van der Waals surface area contributed by atoms with Gasteiger partial charge in [-0.2, -0.15) is 0 Å². The monoisotopic (exact) mass is 368 g/mol. The van der Waals surface area contributed by atoms with Gasteiger partial charge in [0.1, 0.15) is 5.01 Å². The first-order valence-corrected chi connectivity index (χ1v) is 6.41. The van der Waals surface area contributed by atoms with Gasteiger partial charge in [0.15, 0.2) is 5.96 Å². The second kappa shape index (κ2) is 8.68. The molecule has 0 fully saturated rings. The SMILES string of the molecule is CCCCNC(N)=NCc1nc(C)c(C)s1.I. The van der Waals surface area contributed by atoms with Gasteiger partial charge in [-0.15, -0.1) is 35.3 Å². The first-order valence-electron chi connectivity index (χ1n) is 5.60. The van der Waals surface area contributed by atoms with Gasteiger partial charge < -0.3 is 11.1 Å². The summed E-state index contributed by atoms with van der Waals surface area (Å²) in [5.41, 5.74) is 6.81. The lowest BCUT2D eigenvalue weighted by Gasteiger charge is -2.02. The van der Waals surface area contributed by atoms with E-state index in [2.05, 4.69) is 29.1 Å². The number of aliphatic imine (C=N–C) groups is 1. The molecular weight excluding hydrogens is 347 g/mol. The van der Waals surface area contributed by atoms with Crippen LogP contribution in [0.3, 0.4) is 0 Å². The summed E-state index contributed by atoms with van der Waals surface area (Å²) in [7, 11) is 0. The summed E-state index contributed by atoms with van der Waals surface area (Å²) in [6.45, 7) is 7.70. The van der Waals surface area contributed by atoms with Crippen molar-refractivity contribution in [3.8, 4) is 0 Å². The Balaban J connectivity index is 0.00000256. The van der Waals surface area contributed by atoms with E-state index >= 15 is 0 Å². The van der Waals surface area contributed by atoms with Crippen LogP contribution in [-0.2, 0) is 6.54 Å². The van der Waals surface area contributed by atoms with Crippen LogP contribution in [0.25, 0.3) is 0 Å². The van der Waals surface area contributed by atoms with Crippen LogP contribution in [-0.4, -0.2) is 17.5 Å². The number of guanidine groups is 1. The van der Waals surface area contributed by atoms with Gasteiger partial charge in [0.05, 0.1) is 12.2 Å². The molecule has 0 saturated heterocycles. The van der Waals surface area contributed by atoms with Crippen molar-refractivity contribution in [1.29, 1.82) is 0 Å². The van der Waals surface area contributed by atoms with E-state index in [-0.39, 0.29) is 24.0 Å². The Morgan fingerprint density at radius 1 is 1.47 bits per heavy atom. The molecule has 1 aromatic rings.